The van der Waals surface area contributed by atoms with Crippen LogP contribution in [0.3, 0.4) is 0 Å². The van der Waals surface area contributed by atoms with Gasteiger partial charge < -0.3 is 5.32 Å². The highest BCUT2D eigenvalue weighted by Gasteiger charge is 2.08. The first-order chi connectivity index (χ1) is 9.54. The van der Waals surface area contributed by atoms with E-state index in [0.29, 0.717) is 28.8 Å². The van der Waals surface area contributed by atoms with Crippen molar-refractivity contribution in [3.63, 3.8) is 0 Å². The zero-order chi connectivity index (χ0) is 15.0. The van der Waals surface area contributed by atoms with Crippen LogP contribution in [0.15, 0.2) is 30.4 Å². The Labute approximate surface area is 131 Å². The van der Waals surface area contributed by atoms with E-state index >= 15 is 0 Å². The molecule has 110 valence electrons. The normalized spacial score (nSPS) is 12.6. The van der Waals surface area contributed by atoms with Gasteiger partial charge in [-0.25, -0.2) is 0 Å². The largest absolute Gasteiger partial charge is 0.355 e. The zero-order valence-electron chi connectivity index (χ0n) is 11.2. The molecule has 0 heterocycles. The Morgan fingerprint density at radius 3 is 2.85 bits per heavy atom. The highest BCUT2D eigenvalue weighted by atomic mass is 35.5. The number of rotatable bonds is 7. The van der Waals surface area contributed by atoms with Crippen molar-refractivity contribution >= 4 is 39.9 Å². The molecule has 0 aliphatic carbocycles. The van der Waals surface area contributed by atoms with Gasteiger partial charge in [0.15, 0.2) is 0 Å². The first-order valence-electron chi connectivity index (χ1n) is 6.20. The lowest BCUT2D eigenvalue weighted by molar-refractivity contribution is -0.118. The van der Waals surface area contributed by atoms with Crippen molar-refractivity contribution in [3.05, 3.63) is 46.0 Å². The second-order valence-electron chi connectivity index (χ2n) is 4.13. The Hall–Kier alpha value is -0.840. The van der Waals surface area contributed by atoms with Crippen LogP contribution in [0.1, 0.15) is 12.5 Å². The quantitative estimate of drug-likeness (QED) is 0.779. The second kappa shape index (κ2) is 9.16. The van der Waals surface area contributed by atoms with Gasteiger partial charge in [-0.2, -0.15) is 0 Å². The summed E-state index contributed by atoms with van der Waals surface area (Å²) >= 11 is 12.0. The molecule has 0 saturated heterocycles. The molecule has 0 aliphatic heterocycles. The van der Waals surface area contributed by atoms with Gasteiger partial charge in [-0.15, -0.1) is 0 Å². The van der Waals surface area contributed by atoms with Gasteiger partial charge in [-0.3, -0.25) is 9.00 Å². The average molecular weight is 334 g/mol. The third-order valence-electron chi connectivity index (χ3n) is 2.56. The summed E-state index contributed by atoms with van der Waals surface area (Å²) in [6.07, 6.45) is 4.19. The van der Waals surface area contributed by atoms with Gasteiger partial charge in [0, 0.05) is 23.1 Å². The lowest BCUT2D eigenvalue weighted by Gasteiger charge is -2.07. The molecule has 0 bridgehead atoms. The Morgan fingerprint density at radius 1 is 1.40 bits per heavy atom. The summed E-state index contributed by atoms with van der Waals surface area (Å²) in [5.74, 6) is 0.212. The Kier molecular flexibility index (Phi) is 7.88. The van der Waals surface area contributed by atoms with Crippen molar-refractivity contribution in [2.24, 2.45) is 0 Å². The number of nitrogens with one attached hydrogen (secondary N) is 1. The second-order valence-corrected chi connectivity index (χ2v) is 6.42. The van der Waals surface area contributed by atoms with Gasteiger partial charge in [-0.1, -0.05) is 47.5 Å². The number of allylic oxidation sites excluding steroid dienone is 1. The summed E-state index contributed by atoms with van der Waals surface area (Å²) < 4.78 is 11.5. The molecule has 1 atom stereocenters. The molecule has 6 heteroatoms. The minimum Gasteiger partial charge on any atom is -0.355 e. The number of hydrogen-bond donors (Lipinski definition) is 1. The summed E-state index contributed by atoms with van der Waals surface area (Å²) in [7, 11) is -1.15. The van der Waals surface area contributed by atoms with Gasteiger partial charge >= 0.3 is 0 Å². The molecule has 0 aliphatic rings. The number of amides is 1. The standard InChI is InChI=1S/C14H17Cl2NO2S/c1-2-3-9-20(19)10-13(18)17-8-7-11-5-4-6-12(15)14(11)16/h2-6H,7-10H2,1H3,(H,17,18). The van der Waals surface area contributed by atoms with Crippen LogP contribution in [0.5, 0.6) is 0 Å². The van der Waals surface area contributed by atoms with Crippen molar-refractivity contribution in [1.29, 1.82) is 0 Å². The van der Waals surface area contributed by atoms with Crippen molar-refractivity contribution < 1.29 is 9.00 Å². The number of carbonyl (C=O) groups is 1. The topological polar surface area (TPSA) is 46.2 Å². The van der Waals surface area contributed by atoms with Crippen molar-refractivity contribution in [2.75, 3.05) is 18.1 Å². The molecule has 1 unspecified atom stereocenters. The summed E-state index contributed by atoms with van der Waals surface area (Å²) in [4.78, 5) is 11.6. The average Bonchev–Trinajstić information content (AvgIpc) is 2.41. The van der Waals surface area contributed by atoms with E-state index in [1.54, 1.807) is 12.1 Å². The minimum absolute atomic E-state index is 0.0214. The lowest BCUT2D eigenvalue weighted by atomic mass is 10.1. The van der Waals surface area contributed by atoms with E-state index in [1.807, 2.05) is 25.1 Å². The molecule has 20 heavy (non-hydrogen) atoms. The van der Waals surface area contributed by atoms with E-state index in [4.69, 9.17) is 23.2 Å². The van der Waals surface area contributed by atoms with Crippen LogP contribution in [-0.4, -0.2) is 28.2 Å². The third kappa shape index (κ3) is 6.07. The maximum atomic E-state index is 11.6. The van der Waals surface area contributed by atoms with Crippen LogP contribution >= 0.6 is 23.2 Å². The fourth-order valence-corrected chi connectivity index (χ4v) is 2.87. The van der Waals surface area contributed by atoms with Crippen LogP contribution in [0.4, 0.5) is 0 Å². The molecule has 0 spiro atoms. The smallest absolute Gasteiger partial charge is 0.232 e. The molecule has 3 nitrogen and oxygen atoms in total. The van der Waals surface area contributed by atoms with E-state index in [0.717, 1.165) is 5.56 Å². The monoisotopic (exact) mass is 333 g/mol. The van der Waals surface area contributed by atoms with Crippen molar-refractivity contribution in [1.82, 2.24) is 5.32 Å². The Bertz CT molecular complexity index is 518. The minimum atomic E-state index is -1.15. The predicted octanol–water partition coefficient (Wildman–Crippen LogP) is 2.98. The Morgan fingerprint density at radius 2 is 2.15 bits per heavy atom. The summed E-state index contributed by atoms with van der Waals surface area (Å²) in [6.45, 7) is 2.30. The van der Waals surface area contributed by atoms with Gasteiger partial charge in [-0.05, 0) is 25.0 Å². The molecular weight excluding hydrogens is 317 g/mol. The fourth-order valence-electron chi connectivity index (χ4n) is 1.54. The van der Waals surface area contributed by atoms with E-state index in [2.05, 4.69) is 5.32 Å². The maximum absolute atomic E-state index is 11.6. The number of benzene rings is 1. The molecule has 1 aromatic rings. The molecule has 0 fully saturated rings. The highest BCUT2D eigenvalue weighted by Crippen LogP contribution is 2.25. The number of hydrogen-bond acceptors (Lipinski definition) is 2. The molecule has 1 aromatic carbocycles. The lowest BCUT2D eigenvalue weighted by Crippen LogP contribution is -2.30. The Balaban J connectivity index is 2.35. The summed E-state index contributed by atoms with van der Waals surface area (Å²) in [5.41, 5.74) is 0.884. The van der Waals surface area contributed by atoms with Crippen LogP contribution in [0.25, 0.3) is 0 Å². The first-order valence-corrected chi connectivity index (χ1v) is 8.44. The van der Waals surface area contributed by atoms with E-state index in [9.17, 15) is 9.00 Å². The maximum Gasteiger partial charge on any atom is 0.232 e. The van der Waals surface area contributed by atoms with Gasteiger partial charge in [0.2, 0.25) is 5.91 Å². The van der Waals surface area contributed by atoms with E-state index < -0.39 is 10.8 Å². The fraction of sp³-hybridized carbons (Fsp3) is 0.357. The SMILES string of the molecule is CC=CCS(=O)CC(=O)NCCc1cccc(Cl)c1Cl. The molecule has 0 aromatic heterocycles. The molecular formula is C14H17Cl2NO2S. The molecule has 0 saturated carbocycles. The zero-order valence-corrected chi connectivity index (χ0v) is 13.5. The van der Waals surface area contributed by atoms with E-state index in [1.165, 1.54) is 0 Å². The van der Waals surface area contributed by atoms with Crippen LogP contribution in [0, 0.1) is 0 Å². The molecule has 1 amide bonds. The first kappa shape index (κ1) is 17.2. The summed E-state index contributed by atoms with van der Waals surface area (Å²) in [6, 6.07) is 5.40. The van der Waals surface area contributed by atoms with Crippen LogP contribution in [-0.2, 0) is 22.0 Å². The third-order valence-corrected chi connectivity index (χ3v) is 4.56. The predicted molar refractivity (Wildman–Crippen MR) is 85.9 cm³/mol. The van der Waals surface area contributed by atoms with Gasteiger partial charge in [0.25, 0.3) is 0 Å². The molecule has 0 radical (unpaired) electrons. The van der Waals surface area contributed by atoms with Gasteiger partial charge in [0.05, 0.1) is 10.0 Å². The van der Waals surface area contributed by atoms with Crippen LogP contribution < -0.4 is 5.32 Å². The molecule has 1 N–H and O–H groups in total. The van der Waals surface area contributed by atoms with Crippen molar-refractivity contribution in [2.45, 2.75) is 13.3 Å². The molecule has 1 rings (SSSR count). The summed E-state index contributed by atoms with van der Waals surface area (Å²) in [5, 5.41) is 3.74. The van der Waals surface area contributed by atoms with Gasteiger partial charge in [0.1, 0.15) is 5.75 Å². The highest BCUT2D eigenvalue weighted by molar-refractivity contribution is 7.85. The number of carbonyl (C=O) groups excluding carboxylic acids is 1. The van der Waals surface area contributed by atoms with Crippen LogP contribution in [0.2, 0.25) is 10.0 Å². The van der Waals surface area contributed by atoms with Crippen molar-refractivity contribution in [3.8, 4) is 0 Å². The number of halogens is 2. The van der Waals surface area contributed by atoms with E-state index in [-0.39, 0.29) is 11.7 Å².